The van der Waals surface area contributed by atoms with Crippen LogP contribution in [0.1, 0.15) is 6.42 Å². The SMILES string of the molecule is COCCCNC(=S)Nc1ccccc1N(C)C. The van der Waals surface area contributed by atoms with Gasteiger partial charge < -0.3 is 20.3 Å². The molecule has 4 nitrogen and oxygen atoms in total. The highest BCUT2D eigenvalue weighted by Gasteiger charge is 2.04. The zero-order valence-electron chi connectivity index (χ0n) is 11.2. The van der Waals surface area contributed by atoms with Crippen molar-refractivity contribution in [3.8, 4) is 0 Å². The molecule has 0 amide bonds. The first-order valence-electron chi connectivity index (χ1n) is 5.95. The molecule has 18 heavy (non-hydrogen) atoms. The summed E-state index contributed by atoms with van der Waals surface area (Å²) in [6, 6.07) is 8.06. The highest BCUT2D eigenvalue weighted by Crippen LogP contribution is 2.23. The van der Waals surface area contributed by atoms with Crippen LogP contribution in [0.15, 0.2) is 24.3 Å². The smallest absolute Gasteiger partial charge is 0.170 e. The fraction of sp³-hybridized carbons (Fsp3) is 0.462. The first-order chi connectivity index (χ1) is 8.65. The largest absolute Gasteiger partial charge is 0.385 e. The number of ether oxygens (including phenoxy) is 1. The van der Waals surface area contributed by atoms with Crippen LogP contribution in [0.5, 0.6) is 0 Å². The third-order valence-corrected chi connectivity index (χ3v) is 2.69. The number of methoxy groups -OCH3 is 1. The number of hydrogen-bond donors (Lipinski definition) is 2. The molecule has 0 aliphatic carbocycles. The first-order valence-corrected chi connectivity index (χ1v) is 6.36. The van der Waals surface area contributed by atoms with Crippen molar-refractivity contribution in [1.29, 1.82) is 0 Å². The summed E-state index contributed by atoms with van der Waals surface area (Å²) in [5.74, 6) is 0. The van der Waals surface area contributed by atoms with Crippen molar-refractivity contribution >= 4 is 28.7 Å². The van der Waals surface area contributed by atoms with Gasteiger partial charge in [0.2, 0.25) is 0 Å². The predicted octanol–water partition coefficient (Wildman–Crippen LogP) is 2.08. The summed E-state index contributed by atoms with van der Waals surface area (Å²) in [5.41, 5.74) is 2.12. The van der Waals surface area contributed by atoms with E-state index in [1.54, 1.807) is 7.11 Å². The van der Waals surface area contributed by atoms with Crippen LogP contribution in [0.3, 0.4) is 0 Å². The molecular weight excluding hydrogens is 246 g/mol. The van der Waals surface area contributed by atoms with Crippen LogP contribution in [0.4, 0.5) is 11.4 Å². The Morgan fingerprint density at radius 1 is 1.33 bits per heavy atom. The molecular formula is C13H21N3OS. The van der Waals surface area contributed by atoms with Crippen molar-refractivity contribution < 1.29 is 4.74 Å². The molecule has 1 rings (SSSR count). The van der Waals surface area contributed by atoms with Crippen LogP contribution in [0.2, 0.25) is 0 Å². The van der Waals surface area contributed by atoms with Gasteiger partial charge in [-0.15, -0.1) is 0 Å². The molecule has 100 valence electrons. The molecule has 5 heteroatoms. The number of anilines is 2. The summed E-state index contributed by atoms with van der Waals surface area (Å²) < 4.78 is 4.98. The maximum absolute atomic E-state index is 5.25. The highest BCUT2D eigenvalue weighted by atomic mass is 32.1. The molecule has 0 bridgehead atoms. The van der Waals surface area contributed by atoms with Gasteiger partial charge in [0.25, 0.3) is 0 Å². The Balaban J connectivity index is 2.49. The number of nitrogens with one attached hydrogen (secondary N) is 2. The molecule has 0 aromatic heterocycles. The molecule has 0 spiro atoms. The highest BCUT2D eigenvalue weighted by molar-refractivity contribution is 7.80. The molecule has 1 aromatic carbocycles. The van der Waals surface area contributed by atoms with Gasteiger partial charge in [0.05, 0.1) is 11.4 Å². The lowest BCUT2D eigenvalue weighted by Gasteiger charge is -2.19. The van der Waals surface area contributed by atoms with Crippen LogP contribution < -0.4 is 15.5 Å². The van der Waals surface area contributed by atoms with Crippen LogP contribution in [0.25, 0.3) is 0 Å². The maximum Gasteiger partial charge on any atom is 0.170 e. The minimum Gasteiger partial charge on any atom is -0.385 e. The fourth-order valence-corrected chi connectivity index (χ4v) is 1.77. The van der Waals surface area contributed by atoms with Gasteiger partial charge in [-0.1, -0.05) is 12.1 Å². The molecule has 0 aliphatic heterocycles. The third kappa shape index (κ3) is 4.89. The number of nitrogens with zero attached hydrogens (tertiary/aromatic N) is 1. The van der Waals surface area contributed by atoms with Crippen LogP contribution in [-0.2, 0) is 4.74 Å². The van der Waals surface area contributed by atoms with E-state index in [1.807, 2.05) is 32.3 Å². The lowest BCUT2D eigenvalue weighted by Crippen LogP contribution is -2.30. The van der Waals surface area contributed by atoms with Crippen molar-refractivity contribution in [2.75, 3.05) is 44.6 Å². The molecule has 0 radical (unpaired) electrons. The number of benzene rings is 1. The second kappa shape index (κ2) is 7.89. The van der Waals surface area contributed by atoms with Crippen molar-refractivity contribution in [2.24, 2.45) is 0 Å². The Morgan fingerprint density at radius 3 is 2.72 bits per heavy atom. The summed E-state index contributed by atoms with van der Waals surface area (Å²) in [7, 11) is 5.72. The minimum absolute atomic E-state index is 0.639. The van der Waals surface area contributed by atoms with E-state index < -0.39 is 0 Å². The fourth-order valence-electron chi connectivity index (χ4n) is 1.55. The monoisotopic (exact) mass is 267 g/mol. The number of rotatable bonds is 6. The molecule has 0 atom stereocenters. The molecule has 2 N–H and O–H groups in total. The Morgan fingerprint density at radius 2 is 2.06 bits per heavy atom. The van der Waals surface area contributed by atoms with Crippen molar-refractivity contribution in [3.63, 3.8) is 0 Å². The molecule has 0 unspecified atom stereocenters. The van der Waals surface area contributed by atoms with E-state index in [0.29, 0.717) is 5.11 Å². The quantitative estimate of drug-likeness (QED) is 0.609. The Hall–Kier alpha value is -1.33. The van der Waals surface area contributed by atoms with Crippen molar-refractivity contribution in [2.45, 2.75) is 6.42 Å². The topological polar surface area (TPSA) is 36.5 Å². The molecule has 0 saturated carbocycles. The summed E-state index contributed by atoms with van der Waals surface area (Å²) >= 11 is 5.25. The van der Waals surface area contributed by atoms with E-state index in [1.165, 1.54) is 0 Å². The molecule has 0 heterocycles. The van der Waals surface area contributed by atoms with Crippen LogP contribution >= 0.6 is 12.2 Å². The van der Waals surface area contributed by atoms with E-state index >= 15 is 0 Å². The summed E-state index contributed by atoms with van der Waals surface area (Å²) in [4.78, 5) is 2.05. The van der Waals surface area contributed by atoms with Gasteiger partial charge in [-0.05, 0) is 30.8 Å². The second-order valence-corrected chi connectivity index (χ2v) is 4.55. The molecule has 0 aliphatic rings. The van der Waals surface area contributed by atoms with E-state index in [9.17, 15) is 0 Å². The minimum atomic E-state index is 0.639. The molecule has 1 aromatic rings. The van der Waals surface area contributed by atoms with Crippen molar-refractivity contribution in [3.05, 3.63) is 24.3 Å². The zero-order chi connectivity index (χ0) is 13.4. The summed E-state index contributed by atoms with van der Waals surface area (Å²) in [6.07, 6.45) is 0.938. The lowest BCUT2D eigenvalue weighted by molar-refractivity contribution is 0.196. The van der Waals surface area contributed by atoms with Gasteiger partial charge in [0.1, 0.15) is 0 Å². The van der Waals surface area contributed by atoms with Gasteiger partial charge in [-0.2, -0.15) is 0 Å². The average molecular weight is 267 g/mol. The Kier molecular flexibility index (Phi) is 6.46. The van der Waals surface area contributed by atoms with Crippen LogP contribution in [-0.4, -0.2) is 39.5 Å². The molecule has 0 fully saturated rings. The van der Waals surface area contributed by atoms with Gasteiger partial charge in [0, 0.05) is 34.4 Å². The normalized spacial score (nSPS) is 9.94. The Bertz CT molecular complexity index is 382. The third-order valence-electron chi connectivity index (χ3n) is 2.44. The predicted molar refractivity (Wildman–Crippen MR) is 81.5 cm³/mol. The summed E-state index contributed by atoms with van der Waals surface area (Å²) in [5, 5.41) is 7.00. The number of para-hydroxylation sites is 2. The average Bonchev–Trinajstić information content (AvgIpc) is 2.35. The lowest BCUT2D eigenvalue weighted by atomic mass is 10.2. The van der Waals surface area contributed by atoms with E-state index in [4.69, 9.17) is 17.0 Å². The number of thiocarbonyl (C=S) groups is 1. The summed E-state index contributed by atoms with van der Waals surface area (Å²) in [6.45, 7) is 1.55. The van der Waals surface area contributed by atoms with Crippen molar-refractivity contribution in [1.82, 2.24) is 5.32 Å². The second-order valence-electron chi connectivity index (χ2n) is 4.14. The molecule has 0 saturated heterocycles. The first kappa shape index (κ1) is 14.7. The van der Waals surface area contributed by atoms with Gasteiger partial charge >= 0.3 is 0 Å². The van der Waals surface area contributed by atoms with Gasteiger partial charge in [-0.25, -0.2) is 0 Å². The van der Waals surface area contributed by atoms with E-state index in [-0.39, 0.29) is 0 Å². The van der Waals surface area contributed by atoms with Crippen LogP contribution in [0, 0.1) is 0 Å². The standard InChI is InChI=1S/C13H21N3OS/c1-16(2)12-8-5-4-7-11(12)15-13(18)14-9-6-10-17-3/h4-5,7-8H,6,9-10H2,1-3H3,(H2,14,15,18). The van der Waals surface area contributed by atoms with Gasteiger partial charge in [0.15, 0.2) is 5.11 Å². The van der Waals surface area contributed by atoms with Gasteiger partial charge in [-0.3, -0.25) is 0 Å². The van der Waals surface area contributed by atoms with E-state index in [2.05, 4.69) is 21.6 Å². The Labute approximate surface area is 114 Å². The zero-order valence-corrected chi connectivity index (χ0v) is 12.0. The van der Waals surface area contributed by atoms with E-state index in [0.717, 1.165) is 30.9 Å². The number of hydrogen-bond acceptors (Lipinski definition) is 3. The maximum atomic E-state index is 5.25.